The molecule has 24 heavy (non-hydrogen) atoms. The molecular weight excluding hydrogens is 381 g/mol. The number of nitrogens with zero attached hydrogens (tertiary/aromatic N) is 2. The number of carbonyl (C=O) groups excluding carboxylic acids is 1. The molecular formula is C16H11BrFN3O3. The summed E-state index contributed by atoms with van der Waals surface area (Å²) in [6.45, 7) is -0.379. The Morgan fingerprint density at radius 3 is 2.83 bits per heavy atom. The second kappa shape index (κ2) is 7.22. The first kappa shape index (κ1) is 16.1. The number of aromatic nitrogens is 2. The maximum Gasteiger partial charge on any atom is 0.322 e. The van der Waals surface area contributed by atoms with Crippen LogP contribution in [0.4, 0.5) is 10.4 Å². The maximum absolute atomic E-state index is 13.4. The van der Waals surface area contributed by atoms with Crippen molar-refractivity contribution in [2.75, 3.05) is 11.9 Å². The molecule has 2 aromatic carbocycles. The summed E-state index contributed by atoms with van der Waals surface area (Å²) in [5.74, 6) is -0.822. The molecule has 1 amide bonds. The minimum Gasteiger partial charge on any atom is -0.481 e. The highest BCUT2D eigenvalue weighted by atomic mass is 79.9. The third kappa shape index (κ3) is 3.96. The smallest absolute Gasteiger partial charge is 0.322 e. The number of ether oxygens (including phenoxy) is 1. The predicted molar refractivity (Wildman–Crippen MR) is 88.0 cm³/mol. The van der Waals surface area contributed by atoms with Crippen molar-refractivity contribution in [3.05, 3.63) is 58.8 Å². The fourth-order valence-corrected chi connectivity index (χ4v) is 2.27. The van der Waals surface area contributed by atoms with E-state index < -0.39 is 11.7 Å². The number of para-hydroxylation sites is 1. The average molecular weight is 392 g/mol. The topological polar surface area (TPSA) is 77.2 Å². The van der Waals surface area contributed by atoms with E-state index in [0.29, 0.717) is 5.56 Å². The number of anilines is 1. The van der Waals surface area contributed by atoms with E-state index in [0.717, 1.165) is 4.47 Å². The molecule has 0 saturated carbocycles. The Labute approximate surface area is 144 Å². The molecule has 0 radical (unpaired) electrons. The SMILES string of the molecule is O=C(COc1ccccc1F)Nc1nnc(-c2cccc(Br)c2)o1. The van der Waals surface area contributed by atoms with Crippen LogP contribution in [0.3, 0.4) is 0 Å². The molecule has 0 unspecified atom stereocenters. The van der Waals surface area contributed by atoms with Crippen molar-refractivity contribution in [1.29, 1.82) is 0 Å². The molecule has 0 bridgehead atoms. The number of nitrogens with one attached hydrogen (secondary N) is 1. The lowest BCUT2D eigenvalue weighted by atomic mass is 10.2. The summed E-state index contributed by atoms with van der Waals surface area (Å²) in [6, 6.07) is 13.0. The monoisotopic (exact) mass is 391 g/mol. The lowest BCUT2D eigenvalue weighted by Gasteiger charge is -2.05. The first-order valence-corrected chi connectivity index (χ1v) is 7.68. The number of hydrogen-bond donors (Lipinski definition) is 1. The molecule has 122 valence electrons. The molecule has 1 heterocycles. The molecule has 1 aromatic heterocycles. The van der Waals surface area contributed by atoms with Gasteiger partial charge in [-0.25, -0.2) is 4.39 Å². The third-order valence-electron chi connectivity index (χ3n) is 2.94. The average Bonchev–Trinajstić information content (AvgIpc) is 3.02. The van der Waals surface area contributed by atoms with Gasteiger partial charge in [0.15, 0.2) is 18.2 Å². The Morgan fingerprint density at radius 1 is 1.21 bits per heavy atom. The molecule has 0 aliphatic heterocycles. The number of halogens is 2. The van der Waals surface area contributed by atoms with Crippen molar-refractivity contribution < 1.29 is 18.3 Å². The Hall–Kier alpha value is -2.74. The van der Waals surface area contributed by atoms with Crippen LogP contribution in [-0.2, 0) is 4.79 Å². The number of rotatable bonds is 5. The zero-order chi connectivity index (χ0) is 16.9. The first-order valence-electron chi connectivity index (χ1n) is 6.88. The normalized spacial score (nSPS) is 10.4. The van der Waals surface area contributed by atoms with Gasteiger partial charge in [0.05, 0.1) is 0 Å². The van der Waals surface area contributed by atoms with Crippen LogP contribution in [0.15, 0.2) is 57.4 Å². The quantitative estimate of drug-likeness (QED) is 0.717. The minimum atomic E-state index is -0.542. The predicted octanol–water partition coefficient (Wildman–Crippen LogP) is 3.66. The summed E-state index contributed by atoms with van der Waals surface area (Å²) in [4.78, 5) is 11.8. The highest BCUT2D eigenvalue weighted by Gasteiger charge is 2.12. The first-order chi connectivity index (χ1) is 11.6. The molecule has 0 fully saturated rings. The maximum atomic E-state index is 13.4. The Bertz CT molecular complexity index is 869. The zero-order valence-corrected chi connectivity index (χ0v) is 13.8. The molecule has 3 rings (SSSR count). The molecule has 0 spiro atoms. The van der Waals surface area contributed by atoms with Gasteiger partial charge >= 0.3 is 6.01 Å². The van der Waals surface area contributed by atoms with Gasteiger partial charge in [-0.15, -0.1) is 5.10 Å². The number of amides is 1. The van der Waals surface area contributed by atoms with Crippen LogP contribution in [0.1, 0.15) is 0 Å². The summed E-state index contributed by atoms with van der Waals surface area (Å²) in [7, 11) is 0. The molecule has 3 aromatic rings. The molecule has 1 N–H and O–H groups in total. The molecule has 0 saturated heterocycles. The van der Waals surface area contributed by atoms with E-state index in [1.807, 2.05) is 12.1 Å². The van der Waals surface area contributed by atoms with Crippen molar-refractivity contribution >= 4 is 27.9 Å². The van der Waals surface area contributed by atoms with E-state index in [9.17, 15) is 9.18 Å². The van der Waals surface area contributed by atoms with Gasteiger partial charge in [-0.05, 0) is 30.3 Å². The van der Waals surface area contributed by atoms with Crippen molar-refractivity contribution in [3.8, 4) is 17.2 Å². The van der Waals surface area contributed by atoms with Crippen molar-refractivity contribution in [3.63, 3.8) is 0 Å². The van der Waals surface area contributed by atoms with Crippen LogP contribution < -0.4 is 10.1 Å². The lowest BCUT2D eigenvalue weighted by molar-refractivity contribution is -0.118. The van der Waals surface area contributed by atoms with E-state index >= 15 is 0 Å². The summed E-state index contributed by atoms with van der Waals surface area (Å²) in [6.07, 6.45) is 0. The van der Waals surface area contributed by atoms with Crippen LogP contribution in [0.5, 0.6) is 5.75 Å². The van der Waals surface area contributed by atoms with E-state index in [4.69, 9.17) is 9.15 Å². The van der Waals surface area contributed by atoms with Crippen molar-refractivity contribution in [2.24, 2.45) is 0 Å². The largest absolute Gasteiger partial charge is 0.481 e. The van der Waals surface area contributed by atoms with Crippen molar-refractivity contribution in [2.45, 2.75) is 0 Å². The second-order valence-electron chi connectivity index (χ2n) is 4.69. The van der Waals surface area contributed by atoms with E-state index in [-0.39, 0.29) is 24.3 Å². The van der Waals surface area contributed by atoms with Crippen LogP contribution in [0.2, 0.25) is 0 Å². The summed E-state index contributed by atoms with van der Waals surface area (Å²) < 4.78 is 24.7. The summed E-state index contributed by atoms with van der Waals surface area (Å²) in [5, 5.41) is 10.00. The van der Waals surface area contributed by atoms with Gasteiger partial charge in [-0.3, -0.25) is 10.1 Å². The third-order valence-corrected chi connectivity index (χ3v) is 3.43. The summed E-state index contributed by atoms with van der Waals surface area (Å²) in [5.41, 5.74) is 0.708. The van der Waals surface area contributed by atoms with Gasteiger partial charge in [-0.2, -0.15) is 0 Å². The van der Waals surface area contributed by atoms with E-state index in [2.05, 4.69) is 31.4 Å². The van der Waals surface area contributed by atoms with Gasteiger partial charge in [0, 0.05) is 10.0 Å². The lowest BCUT2D eigenvalue weighted by Crippen LogP contribution is -2.20. The highest BCUT2D eigenvalue weighted by molar-refractivity contribution is 9.10. The zero-order valence-electron chi connectivity index (χ0n) is 12.2. The molecule has 8 heteroatoms. The molecule has 0 aliphatic carbocycles. The highest BCUT2D eigenvalue weighted by Crippen LogP contribution is 2.23. The van der Waals surface area contributed by atoms with Gasteiger partial charge in [-0.1, -0.05) is 39.2 Å². The number of carbonyl (C=O) groups is 1. The number of hydrogen-bond acceptors (Lipinski definition) is 5. The van der Waals surface area contributed by atoms with E-state index in [1.54, 1.807) is 18.2 Å². The van der Waals surface area contributed by atoms with Crippen LogP contribution >= 0.6 is 15.9 Å². The fraction of sp³-hybridized carbons (Fsp3) is 0.0625. The van der Waals surface area contributed by atoms with Crippen molar-refractivity contribution in [1.82, 2.24) is 10.2 Å². The van der Waals surface area contributed by atoms with Crippen LogP contribution in [0.25, 0.3) is 11.5 Å². The second-order valence-corrected chi connectivity index (χ2v) is 5.61. The summed E-state index contributed by atoms with van der Waals surface area (Å²) >= 11 is 3.35. The molecule has 0 aliphatic rings. The molecule has 6 nitrogen and oxygen atoms in total. The van der Waals surface area contributed by atoms with Gasteiger partial charge in [0.1, 0.15) is 0 Å². The fourth-order valence-electron chi connectivity index (χ4n) is 1.87. The number of benzene rings is 2. The molecule has 0 atom stereocenters. The van der Waals surface area contributed by atoms with E-state index in [1.165, 1.54) is 18.2 Å². The standard InChI is InChI=1S/C16H11BrFN3O3/c17-11-5-3-4-10(8-11)15-20-21-16(24-15)19-14(22)9-23-13-7-2-1-6-12(13)18/h1-8H,9H2,(H,19,21,22). The Balaban J connectivity index is 1.60. The van der Waals surface area contributed by atoms with Crippen LogP contribution in [-0.4, -0.2) is 22.7 Å². The Kier molecular flexibility index (Phi) is 4.85. The van der Waals surface area contributed by atoms with Gasteiger partial charge < -0.3 is 9.15 Å². The van der Waals surface area contributed by atoms with Crippen LogP contribution in [0, 0.1) is 5.82 Å². The van der Waals surface area contributed by atoms with Gasteiger partial charge in [0.2, 0.25) is 5.89 Å². The minimum absolute atomic E-state index is 0.00648. The van der Waals surface area contributed by atoms with Gasteiger partial charge in [0.25, 0.3) is 5.91 Å². The Morgan fingerprint density at radius 2 is 2.04 bits per heavy atom.